The highest BCUT2D eigenvalue weighted by atomic mass is 79.9. The molecule has 4 aromatic rings. The molecule has 2 aromatic carbocycles. The fourth-order valence-electron chi connectivity index (χ4n) is 3.26. The Kier molecular flexibility index (Phi) is 4.24. The lowest BCUT2D eigenvalue weighted by Crippen LogP contribution is -2.11. The van der Waals surface area contributed by atoms with Gasteiger partial charge in [-0.1, -0.05) is 17.7 Å². The normalized spacial score (nSPS) is 11.5. The van der Waals surface area contributed by atoms with E-state index in [1.807, 2.05) is 33.0 Å². The van der Waals surface area contributed by atoms with E-state index in [0.717, 1.165) is 16.6 Å². The summed E-state index contributed by atoms with van der Waals surface area (Å²) < 4.78 is 15.8. The van der Waals surface area contributed by atoms with Crippen molar-refractivity contribution in [1.82, 2.24) is 14.5 Å². The molecule has 0 aliphatic heterocycles. The molecule has 4 rings (SSSR count). The van der Waals surface area contributed by atoms with Crippen LogP contribution in [0.4, 0.5) is 16.0 Å². The average Bonchev–Trinajstić information content (AvgIpc) is 2.91. The second kappa shape index (κ2) is 6.35. The van der Waals surface area contributed by atoms with Crippen molar-refractivity contribution in [1.29, 1.82) is 0 Å². The predicted molar refractivity (Wildman–Crippen MR) is 111 cm³/mol. The van der Waals surface area contributed by atoms with E-state index in [-0.39, 0.29) is 10.6 Å². The van der Waals surface area contributed by atoms with Gasteiger partial charge in [0.1, 0.15) is 5.82 Å². The molecule has 27 heavy (non-hydrogen) atoms. The van der Waals surface area contributed by atoms with E-state index in [2.05, 4.69) is 31.2 Å². The minimum Gasteiger partial charge on any atom is -0.326 e. The first-order valence-corrected chi connectivity index (χ1v) is 9.35. The summed E-state index contributed by atoms with van der Waals surface area (Å²) >= 11 is 9.48. The molecule has 2 heterocycles. The SMILES string of the molecule is Cc1[nH]c(=O)c2c(ccc3nc(Nc4c(Cl)cc(F)cc4Br)n(C)c32)c1C. The summed E-state index contributed by atoms with van der Waals surface area (Å²) in [5.74, 6) is 0.0511. The van der Waals surface area contributed by atoms with Gasteiger partial charge < -0.3 is 14.9 Å². The molecule has 0 bridgehead atoms. The van der Waals surface area contributed by atoms with Crippen LogP contribution >= 0.6 is 27.5 Å². The number of H-pyrrole nitrogens is 1. The van der Waals surface area contributed by atoms with Crippen LogP contribution in [0.5, 0.6) is 0 Å². The maximum atomic E-state index is 13.5. The summed E-state index contributed by atoms with van der Waals surface area (Å²) in [5, 5.41) is 4.83. The number of aromatic amines is 1. The second-order valence-electron chi connectivity index (χ2n) is 6.42. The third kappa shape index (κ3) is 2.82. The molecule has 138 valence electrons. The number of aryl methyl sites for hydroxylation is 3. The molecule has 0 amide bonds. The van der Waals surface area contributed by atoms with Crippen molar-refractivity contribution in [2.45, 2.75) is 13.8 Å². The summed E-state index contributed by atoms with van der Waals surface area (Å²) in [6.45, 7) is 3.86. The number of nitrogens with zero attached hydrogens (tertiary/aromatic N) is 2. The van der Waals surface area contributed by atoms with Crippen molar-refractivity contribution in [3.05, 3.63) is 61.2 Å². The Morgan fingerprint density at radius 2 is 2.04 bits per heavy atom. The van der Waals surface area contributed by atoms with E-state index in [9.17, 15) is 9.18 Å². The van der Waals surface area contributed by atoms with Gasteiger partial charge in [0.25, 0.3) is 5.56 Å². The Bertz CT molecular complexity index is 1270. The molecule has 0 radical (unpaired) electrons. The first-order valence-electron chi connectivity index (χ1n) is 8.18. The topological polar surface area (TPSA) is 62.7 Å². The third-order valence-corrected chi connectivity index (χ3v) is 5.70. The van der Waals surface area contributed by atoms with Crippen molar-refractivity contribution in [3.8, 4) is 0 Å². The molecule has 0 spiro atoms. The van der Waals surface area contributed by atoms with Crippen LogP contribution in [0.1, 0.15) is 11.3 Å². The summed E-state index contributed by atoms with van der Waals surface area (Å²) in [6, 6.07) is 6.34. The molecule has 0 aliphatic carbocycles. The van der Waals surface area contributed by atoms with Crippen LogP contribution in [-0.2, 0) is 7.05 Å². The van der Waals surface area contributed by atoms with Crippen LogP contribution < -0.4 is 10.9 Å². The summed E-state index contributed by atoms with van der Waals surface area (Å²) in [5.41, 5.74) is 3.60. The van der Waals surface area contributed by atoms with E-state index in [1.165, 1.54) is 12.1 Å². The Balaban J connectivity index is 1.97. The number of hydrogen-bond acceptors (Lipinski definition) is 3. The van der Waals surface area contributed by atoms with Gasteiger partial charge in [-0.15, -0.1) is 0 Å². The number of rotatable bonds is 2. The van der Waals surface area contributed by atoms with E-state index >= 15 is 0 Å². The molecule has 8 heteroatoms. The molecule has 0 atom stereocenters. The lowest BCUT2D eigenvalue weighted by Gasteiger charge is -2.11. The Hall–Kier alpha value is -2.38. The van der Waals surface area contributed by atoms with Crippen LogP contribution in [0.25, 0.3) is 21.8 Å². The molecule has 0 saturated carbocycles. The third-order valence-electron chi connectivity index (χ3n) is 4.77. The quantitative estimate of drug-likeness (QED) is 0.435. The molecular weight excluding hydrogens is 435 g/mol. The van der Waals surface area contributed by atoms with Crippen LogP contribution in [0.15, 0.2) is 33.5 Å². The highest BCUT2D eigenvalue weighted by molar-refractivity contribution is 9.10. The van der Waals surface area contributed by atoms with Crippen LogP contribution in [0, 0.1) is 19.7 Å². The monoisotopic (exact) mass is 448 g/mol. The van der Waals surface area contributed by atoms with E-state index in [1.54, 1.807) is 4.57 Å². The molecule has 2 N–H and O–H groups in total. The molecular formula is C19H15BrClFN4O. The van der Waals surface area contributed by atoms with Crippen molar-refractivity contribution >= 4 is 61.0 Å². The first kappa shape index (κ1) is 18.0. The van der Waals surface area contributed by atoms with E-state index in [0.29, 0.717) is 32.5 Å². The van der Waals surface area contributed by atoms with Crippen molar-refractivity contribution in [3.63, 3.8) is 0 Å². The Morgan fingerprint density at radius 3 is 2.74 bits per heavy atom. The largest absolute Gasteiger partial charge is 0.326 e. The Labute approximate surface area is 167 Å². The lowest BCUT2D eigenvalue weighted by atomic mass is 10.0. The summed E-state index contributed by atoms with van der Waals surface area (Å²) in [7, 11) is 1.82. The number of fused-ring (bicyclic) bond motifs is 3. The zero-order valence-corrected chi connectivity index (χ0v) is 17.1. The minimum atomic E-state index is -0.439. The standard InChI is InChI=1S/C19H15BrClFN4O/c1-8-9(2)23-18(27)15-11(8)4-5-14-17(15)26(3)19(24-14)25-16-12(20)6-10(22)7-13(16)21/h4-7H,1-3H3,(H,23,27)(H,24,25). The minimum absolute atomic E-state index is 0.158. The smallest absolute Gasteiger partial charge is 0.258 e. The predicted octanol–water partition coefficient (Wildman–Crippen LogP) is 5.33. The molecule has 2 aromatic heterocycles. The highest BCUT2D eigenvalue weighted by Gasteiger charge is 2.17. The van der Waals surface area contributed by atoms with Crippen molar-refractivity contribution < 1.29 is 4.39 Å². The molecule has 0 unspecified atom stereocenters. The zero-order valence-electron chi connectivity index (χ0n) is 14.7. The maximum Gasteiger partial charge on any atom is 0.258 e. The van der Waals surface area contributed by atoms with Crippen LogP contribution in [-0.4, -0.2) is 14.5 Å². The van der Waals surface area contributed by atoms with Gasteiger partial charge in [-0.25, -0.2) is 9.37 Å². The van der Waals surface area contributed by atoms with Gasteiger partial charge in [0.15, 0.2) is 0 Å². The van der Waals surface area contributed by atoms with Crippen molar-refractivity contribution in [2.24, 2.45) is 7.05 Å². The van der Waals surface area contributed by atoms with Gasteiger partial charge >= 0.3 is 0 Å². The number of anilines is 2. The summed E-state index contributed by atoms with van der Waals surface area (Å²) in [4.78, 5) is 20.1. The van der Waals surface area contributed by atoms with Crippen LogP contribution in [0.3, 0.4) is 0 Å². The number of hydrogen-bond donors (Lipinski definition) is 2. The van der Waals surface area contributed by atoms with E-state index in [4.69, 9.17) is 11.6 Å². The zero-order chi connectivity index (χ0) is 19.5. The molecule has 0 saturated heterocycles. The van der Waals surface area contributed by atoms with Gasteiger partial charge in [0.2, 0.25) is 5.95 Å². The lowest BCUT2D eigenvalue weighted by molar-refractivity contribution is 0.627. The summed E-state index contributed by atoms with van der Waals surface area (Å²) in [6.07, 6.45) is 0. The van der Waals surface area contributed by atoms with Gasteiger partial charge in [0.05, 0.1) is 27.1 Å². The fourth-order valence-corrected chi connectivity index (χ4v) is 4.16. The van der Waals surface area contributed by atoms with E-state index < -0.39 is 5.82 Å². The molecule has 5 nitrogen and oxygen atoms in total. The van der Waals surface area contributed by atoms with Gasteiger partial charge in [-0.3, -0.25) is 4.79 Å². The number of pyridine rings is 1. The molecule has 0 fully saturated rings. The first-order chi connectivity index (χ1) is 12.8. The average molecular weight is 450 g/mol. The number of benzene rings is 2. The second-order valence-corrected chi connectivity index (χ2v) is 7.69. The maximum absolute atomic E-state index is 13.5. The van der Waals surface area contributed by atoms with Crippen LogP contribution in [0.2, 0.25) is 5.02 Å². The van der Waals surface area contributed by atoms with Gasteiger partial charge in [-0.05, 0) is 58.9 Å². The highest BCUT2D eigenvalue weighted by Crippen LogP contribution is 2.35. The Morgan fingerprint density at radius 1 is 1.30 bits per heavy atom. The van der Waals surface area contributed by atoms with Crippen molar-refractivity contribution in [2.75, 3.05) is 5.32 Å². The number of aromatic nitrogens is 3. The van der Waals surface area contributed by atoms with Gasteiger partial charge in [-0.2, -0.15) is 0 Å². The fraction of sp³-hybridized carbons (Fsp3) is 0.158. The number of nitrogens with one attached hydrogen (secondary N) is 2. The number of halogens is 3. The molecule has 0 aliphatic rings. The van der Waals surface area contributed by atoms with Gasteiger partial charge in [0, 0.05) is 17.2 Å². The number of imidazole rings is 1.